The topological polar surface area (TPSA) is 267 Å². The molecule has 1 aliphatic rings. The van der Waals surface area contributed by atoms with Gasteiger partial charge in [-0.05, 0) is 37.3 Å². The molecule has 62 heavy (non-hydrogen) atoms. The molecule has 6 rings (SSSR count). The number of nitrogens with zero attached hydrogens (tertiary/aromatic N) is 8. The first-order valence-electron chi connectivity index (χ1n) is 19.9. The molecule has 1 fully saturated rings. The van der Waals surface area contributed by atoms with Crippen molar-refractivity contribution in [3.8, 4) is 0 Å². The van der Waals surface area contributed by atoms with E-state index < -0.39 is 23.6 Å². The molecule has 1 saturated carbocycles. The van der Waals surface area contributed by atoms with Gasteiger partial charge in [-0.25, -0.2) is 15.0 Å². The lowest BCUT2D eigenvalue weighted by Gasteiger charge is -2.34. The molecule has 0 aromatic carbocycles. The maximum atomic E-state index is 13.2. The van der Waals surface area contributed by atoms with Crippen molar-refractivity contribution in [2.45, 2.75) is 45.6 Å². The van der Waals surface area contributed by atoms with Gasteiger partial charge in [-0.3, -0.25) is 33.6 Å². The van der Waals surface area contributed by atoms with Crippen molar-refractivity contribution < 1.29 is 33.6 Å². The number of carbonyl (C=O) groups is 7. The van der Waals surface area contributed by atoms with E-state index in [1.54, 1.807) is 78.3 Å². The van der Waals surface area contributed by atoms with Crippen molar-refractivity contribution >= 4 is 64.4 Å². The fourth-order valence-corrected chi connectivity index (χ4v) is 6.73. The van der Waals surface area contributed by atoms with Gasteiger partial charge in [-0.15, -0.1) is 0 Å². The Hall–Kier alpha value is -7.52. The Labute approximate surface area is 356 Å². The van der Waals surface area contributed by atoms with Crippen LogP contribution in [0, 0.1) is 11.8 Å². The van der Waals surface area contributed by atoms with Gasteiger partial charge in [0.25, 0.3) is 29.5 Å². The predicted octanol–water partition coefficient (Wildman–Crippen LogP) is 1.75. The third-order valence-electron chi connectivity index (χ3n) is 10.2. The van der Waals surface area contributed by atoms with Gasteiger partial charge in [0.05, 0.1) is 11.4 Å². The normalized spacial score (nSPS) is 14.5. The molecule has 0 unspecified atom stereocenters. The minimum Gasteiger partial charge on any atom is -0.350 e. The van der Waals surface area contributed by atoms with E-state index in [9.17, 15) is 33.6 Å². The zero-order valence-electron chi connectivity index (χ0n) is 35.5. The van der Waals surface area contributed by atoms with Gasteiger partial charge in [0.2, 0.25) is 23.5 Å². The first-order chi connectivity index (χ1) is 29.4. The molecule has 328 valence electrons. The minimum absolute atomic E-state index is 0.000513. The fraction of sp³-hybridized carbons (Fsp3) is 0.400. The Bertz CT molecular complexity index is 2510. The molecule has 7 N–H and O–H groups in total. The summed E-state index contributed by atoms with van der Waals surface area (Å²) in [7, 11) is 8.27. The summed E-state index contributed by atoms with van der Waals surface area (Å²) in [4.78, 5) is 102. The summed E-state index contributed by atoms with van der Waals surface area (Å²) in [5.74, 6) is -2.00. The van der Waals surface area contributed by atoms with Crippen LogP contribution in [-0.2, 0) is 44.8 Å². The van der Waals surface area contributed by atoms with Crippen molar-refractivity contribution in [3.63, 3.8) is 0 Å². The van der Waals surface area contributed by atoms with Gasteiger partial charge in [-0.2, -0.15) is 0 Å². The molecule has 1 aliphatic carbocycles. The smallest absolute Gasteiger partial charge is 0.291 e. The molecule has 7 amide bonds. The predicted molar refractivity (Wildman–Crippen MR) is 226 cm³/mol. The van der Waals surface area contributed by atoms with Gasteiger partial charge in [0, 0.05) is 104 Å². The zero-order chi connectivity index (χ0) is 44.8. The van der Waals surface area contributed by atoms with Crippen molar-refractivity contribution in [3.05, 3.63) is 78.2 Å². The first kappa shape index (κ1) is 44.0. The van der Waals surface area contributed by atoms with E-state index in [1.165, 1.54) is 29.1 Å². The van der Waals surface area contributed by atoms with Crippen molar-refractivity contribution in [1.29, 1.82) is 0 Å². The quantitative estimate of drug-likeness (QED) is 0.0713. The highest BCUT2D eigenvalue weighted by Crippen LogP contribution is 2.29. The number of nitrogens with one attached hydrogen (secondary N) is 7. The third kappa shape index (κ3) is 10.6. The van der Waals surface area contributed by atoms with Gasteiger partial charge >= 0.3 is 0 Å². The summed E-state index contributed by atoms with van der Waals surface area (Å²) in [5, 5.41) is 19.3. The van der Waals surface area contributed by atoms with Crippen molar-refractivity contribution in [1.82, 2.24) is 53.7 Å². The van der Waals surface area contributed by atoms with Gasteiger partial charge in [0.15, 0.2) is 17.5 Å². The zero-order valence-corrected chi connectivity index (χ0v) is 35.5. The summed E-state index contributed by atoms with van der Waals surface area (Å²) < 4.78 is 7.67. The van der Waals surface area contributed by atoms with Crippen molar-refractivity contribution in [2.24, 2.45) is 47.1 Å². The standard InChI is InChI=1S/C40H51N15O7/c1-22(2)8-10-43-38(60)33-49-30(21-54(33)6)50-35(57)23-14-24(15-23)44-37(59)28-17-26(19-53(28)5)46-40(62)34-48-29(20-55(34)7)47-31(56)9-11-42-36(58)27-16-25(18-52(27)4)45-39(61)32-41-12-13-51(32)3/h12-13,16-24H,8-11,14-15H2,1-7H3,(H,42,58)(H,43,60)(H,44,59)(H,45,61)(H,46,62)(H,47,56)(H,50,57)/t23-,24-. The summed E-state index contributed by atoms with van der Waals surface area (Å²) in [6.07, 6.45) is 10.9. The SMILES string of the molecule is CC(C)CCNC(=O)c1nc(NC(=O)[C@H]2C[C@H](NC(=O)c3cc(NC(=O)c4nc(NC(=O)CCNC(=O)c5cc(NC(=O)c6nccn6C)cn5C)cn4C)cn3C)C2)cn1C. The monoisotopic (exact) mass is 853 g/mol. The number of amides is 7. The Balaban J connectivity index is 0.921. The average molecular weight is 854 g/mol. The number of anilines is 4. The summed E-state index contributed by atoms with van der Waals surface area (Å²) in [5.41, 5.74) is 1.28. The molecular weight excluding hydrogens is 803 g/mol. The van der Waals surface area contributed by atoms with E-state index >= 15 is 0 Å². The number of hydrogen-bond donors (Lipinski definition) is 7. The van der Waals surface area contributed by atoms with Crippen LogP contribution in [0.1, 0.15) is 92.4 Å². The molecule has 22 nitrogen and oxygen atoms in total. The molecule has 0 saturated heterocycles. The van der Waals surface area contributed by atoms with Crippen LogP contribution in [0.15, 0.2) is 49.3 Å². The summed E-state index contributed by atoms with van der Waals surface area (Å²) in [6.45, 7) is 4.67. The second kappa shape index (κ2) is 18.8. The van der Waals surface area contributed by atoms with Crippen LogP contribution < -0.4 is 37.2 Å². The Morgan fingerprint density at radius 1 is 0.629 bits per heavy atom. The number of rotatable bonds is 17. The van der Waals surface area contributed by atoms with E-state index in [0.29, 0.717) is 36.7 Å². The highest BCUT2D eigenvalue weighted by atomic mass is 16.2. The lowest BCUT2D eigenvalue weighted by Crippen LogP contribution is -2.48. The summed E-state index contributed by atoms with van der Waals surface area (Å²) >= 11 is 0. The molecule has 0 aliphatic heterocycles. The largest absolute Gasteiger partial charge is 0.350 e. The van der Waals surface area contributed by atoms with Crippen LogP contribution in [0.25, 0.3) is 0 Å². The van der Waals surface area contributed by atoms with Crippen LogP contribution in [0.2, 0.25) is 0 Å². The molecule has 0 radical (unpaired) electrons. The second-order valence-electron chi connectivity index (χ2n) is 15.7. The van der Waals surface area contributed by atoms with Crippen LogP contribution in [0.3, 0.4) is 0 Å². The minimum atomic E-state index is -0.588. The van der Waals surface area contributed by atoms with E-state index in [-0.39, 0.29) is 83.1 Å². The molecule has 22 heteroatoms. The van der Waals surface area contributed by atoms with Gasteiger partial charge < -0.3 is 60.1 Å². The first-order valence-corrected chi connectivity index (χ1v) is 19.9. The average Bonchev–Trinajstić information content (AvgIpc) is 4.01. The van der Waals surface area contributed by atoms with Crippen LogP contribution in [0.5, 0.6) is 0 Å². The van der Waals surface area contributed by atoms with E-state index in [0.717, 1.165) is 6.42 Å². The molecule has 0 bridgehead atoms. The number of carbonyl (C=O) groups excluding carboxylic acids is 7. The molecule has 5 aromatic heterocycles. The molecule has 0 atom stereocenters. The summed E-state index contributed by atoms with van der Waals surface area (Å²) in [6, 6.07) is 2.78. The molecule has 5 heterocycles. The molecule has 0 spiro atoms. The molecular formula is C40H51N15O7. The van der Waals surface area contributed by atoms with Crippen LogP contribution in [0.4, 0.5) is 23.0 Å². The highest BCUT2D eigenvalue weighted by molar-refractivity contribution is 6.04. The van der Waals surface area contributed by atoms with E-state index in [2.05, 4.69) is 66.0 Å². The maximum absolute atomic E-state index is 13.2. The highest BCUT2D eigenvalue weighted by Gasteiger charge is 2.36. The third-order valence-corrected chi connectivity index (χ3v) is 10.2. The van der Waals surface area contributed by atoms with Gasteiger partial charge in [0.1, 0.15) is 11.4 Å². The Morgan fingerprint density at radius 3 is 1.76 bits per heavy atom. The van der Waals surface area contributed by atoms with E-state index in [1.807, 2.05) is 0 Å². The lowest BCUT2D eigenvalue weighted by molar-refractivity contribution is -0.123. The fourth-order valence-electron chi connectivity index (χ4n) is 6.73. The number of hydrogen-bond acceptors (Lipinski definition) is 10. The maximum Gasteiger partial charge on any atom is 0.291 e. The number of aromatic nitrogens is 8. The van der Waals surface area contributed by atoms with Crippen LogP contribution >= 0.6 is 0 Å². The van der Waals surface area contributed by atoms with Crippen LogP contribution in [-0.4, -0.2) is 98.3 Å². The Morgan fingerprint density at radius 2 is 1.18 bits per heavy atom. The number of aryl methyl sites for hydroxylation is 5. The van der Waals surface area contributed by atoms with Crippen molar-refractivity contribution in [2.75, 3.05) is 34.4 Å². The van der Waals surface area contributed by atoms with Gasteiger partial charge in [-0.1, -0.05) is 13.8 Å². The van der Waals surface area contributed by atoms with E-state index in [4.69, 9.17) is 0 Å². The second-order valence-corrected chi connectivity index (χ2v) is 15.7. The Kier molecular flexibility index (Phi) is 13.4. The molecule has 5 aromatic rings. The number of imidazole rings is 3. The lowest BCUT2D eigenvalue weighted by atomic mass is 9.79.